The number of aromatic nitrogens is 5. The fourth-order valence-electron chi connectivity index (χ4n) is 4.44. The molecule has 168 valence electrons. The van der Waals surface area contributed by atoms with Gasteiger partial charge in [0.25, 0.3) is 5.91 Å². The summed E-state index contributed by atoms with van der Waals surface area (Å²) in [6.07, 6.45) is 1.73. The molecule has 1 aliphatic rings. The van der Waals surface area contributed by atoms with E-state index in [1.807, 2.05) is 84.2 Å². The molecule has 3 aromatic heterocycles. The molecule has 0 saturated carbocycles. The van der Waals surface area contributed by atoms with Gasteiger partial charge in [-0.3, -0.25) is 9.69 Å². The summed E-state index contributed by atoms with van der Waals surface area (Å²) in [6.45, 7) is 3.86. The van der Waals surface area contributed by atoms with E-state index in [1.54, 1.807) is 11.1 Å². The number of anilines is 2. The third kappa shape index (κ3) is 3.18. The molecule has 0 unspecified atom stereocenters. The van der Waals surface area contributed by atoms with Gasteiger partial charge in [-0.2, -0.15) is 5.10 Å². The quantitative estimate of drug-likeness (QED) is 0.412. The first-order chi connectivity index (χ1) is 16.6. The minimum Gasteiger partial charge on any atom is -0.355 e. The molecular weight excluding hydrogens is 426 g/mol. The number of hydrogen-bond donors (Lipinski definition) is 0. The van der Waals surface area contributed by atoms with Crippen LogP contribution in [0.25, 0.3) is 33.3 Å². The van der Waals surface area contributed by atoms with Gasteiger partial charge in [0, 0.05) is 32.2 Å². The molecule has 1 amide bonds. The predicted molar refractivity (Wildman–Crippen MR) is 133 cm³/mol. The Labute approximate surface area is 196 Å². The van der Waals surface area contributed by atoms with Crippen molar-refractivity contribution in [3.8, 4) is 11.3 Å². The second-order valence-electron chi connectivity index (χ2n) is 8.36. The molecular formula is C26H23N7O. The average Bonchev–Trinajstić information content (AvgIpc) is 3.31. The molecule has 0 spiro atoms. The van der Waals surface area contributed by atoms with Gasteiger partial charge in [-0.05, 0) is 25.1 Å². The number of para-hydroxylation sites is 2. The molecule has 1 aliphatic heterocycles. The summed E-state index contributed by atoms with van der Waals surface area (Å²) in [5.41, 5.74) is 4.53. The summed E-state index contributed by atoms with van der Waals surface area (Å²) in [7, 11) is 1.98. The number of carbonyl (C=O) groups is 1. The van der Waals surface area contributed by atoms with Gasteiger partial charge in [0.05, 0.1) is 33.9 Å². The topological polar surface area (TPSA) is 80.0 Å². The van der Waals surface area contributed by atoms with E-state index in [4.69, 9.17) is 15.0 Å². The van der Waals surface area contributed by atoms with Crippen LogP contribution in [-0.2, 0) is 6.54 Å². The van der Waals surface area contributed by atoms with Crippen molar-refractivity contribution in [1.29, 1.82) is 0 Å². The molecule has 0 N–H and O–H groups in total. The summed E-state index contributed by atoms with van der Waals surface area (Å²) in [5, 5.41) is 5.22. The summed E-state index contributed by atoms with van der Waals surface area (Å²) in [6, 6.07) is 19.5. The normalized spacial score (nSPS) is 13.5. The molecule has 0 aliphatic carbocycles. The minimum absolute atomic E-state index is 0.126. The fraction of sp³-hybridized carbons (Fsp3) is 0.192. The van der Waals surface area contributed by atoms with Crippen molar-refractivity contribution in [2.24, 2.45) is 0 Å². The third-order valence-electron chi connectivity index (χ3n) is 6.26. The van der Waals surface area contributed by atoms with Crippen LogP contribution in [0.1, 0.15) is 17.3 Å². The van der Waals surface area contributed by atoms with Crippen LogP contribution in [0.15, 0.2) is 66.9 Å². The van der Waals surface area contributed by atoms with E-state index in [2.05, 4.69) is 5.10 Å². The van der Waals surface area contributed by atoms with Gasteiger partial charge in [0.15, 0.2) is 17.3 Å². The van der Waals surface area contributed by atoms with Crippen molar-refractivity contribution < 1.29 is 4.79 Å². The molecule has 34 heavy (non-hydrogen) atoms. The first-order valence-electron chi connectivity index (χ1n) is 11.4. The van der Waals surface area contributed by atoms with E-state index in [0.717, 1.165) is 27.7 Å². The molecule has 4 heterocycles. The smallest absolute Gasteiger partial charge is 0.260 e. The number of nitrogens with zero attached hydrogens (tertiary/aromatic N) is 7. The lowest BCUT2D eigenvalue weighted by Gasteiger charge is -2.34. The van der Waals surface area contributed by atoms with Crippen LogP contribution in [0.3, 0.4) is 0 Å². The van der Waals surface area contributed by atoms with Crippen LogP contribution in [0, 0.1) is 0 Å². The van der Waals surface area contributed by atoms with Crippen LogP contribution in [-0.4, -0.2) is 50.8 Å². The fourth-order valence-corrected chi connectivity index (χ4v) is 4.44. The lowest BCUT2D eigenvalue weighted by Crippen LogP contribution is -2.43. The molecule has 5 aromatic rings. The molecule has 8 nitrogen and oxygen atoms in total. The second kappa shape index (κ2) is 7.91. The summed E-state index contributed by atoms with van der Waals surface area (Å²) in [4.78, 5) is 32.4. The number of amides is 1. The molecule has 0 saturated heterocycles. The Hall–Kier alpha value is -4.33. The van der Waals surface area contributed by atoms with Gasteiger partial charge in [-0.1, -0.05) is 42.5 Å². The lowest BCUT2D eigenvalue weighted by molar-refractivity contribution is 0.0987. The zero-order chi connectivity index (χ0) is 23.2. The van der Waals surface area contributed by atoms with Gasteiger partial charge in [0.2, 0.25) is 0 Å². The number of fused-ring (bicyclic) bond motifs is 3. The average molecular weight is 450 g/mol. The first-order valence-corrected chi connectivity index (χ1v) is 11.4. The van der Waals surface area contributed by atoms with E-state index >= 15 is 0 Å². The van der Waals surface area contributed by atoms with Crippen molar-refractivity contribution in [2.45, 2.75) is 13.5 Å². The van der Waals surface area contributed by atoms with Crippen molar-refractivity contribution in [1.82, 2.24) is 24.7 Å². The van der Waals surface area contributed by atoms with Crippen LogP contribution in [0.5, 0.6) is 0 Å². The molecule has 6 rings (SSSR count). The zero-order valence-electron chi connectivity index (χ0n) is 19.0. The number of likely N-dealkylation sites (N-methyl/N-ethyl adjacent to an activating group) is 1. The van der Waals surface area contributed by atoms with E-state index in [-0.39, 0.29) is 5.91 Å². The van der Waals surface area contributed by atoms with E-state index in [9.17, 15) is 4.79 Å². The SMILES string of the molecule is CCn1ncc2c(C(=O)N3CCN(C)c4nc5ccccc5nc43)cc(-c3ccccc3)nc21. The second-order valence-corrected chi connectivity index (χ2v) is 8.36. The van der Waals surface area contributed by atoms with Gasteiger partial charge >= 0.3 is 0 Å². The molecule has 0 atom stereocenters. The van der Waals surface area contributed by atoms with Crippen molar-refractivity contribution in [3.05, 3.63) is 72.4 Å². The highest BCUT2D eigenvalue weighted by atomic mass is 16.2. The largest absolute Gasteiger partial charge is 0.355 e. The van der Waals surface area contributed by atoms with Gasteiger partial charge in [-0.25, -0.2) is 19.6 Å². The molecule has 8 heteroatoms. The Bertz CT molecular complexity index is 1540. The molecule has 0 radical (unpaired) electrons. The highest BCUT2D eigenvalue weighted by Gasteiger charge is 2.31. The molecule has 0 fully saturated rings. The highest BCUT2D eigenvalue weighted by Crippen LogP contribution is 2.33. The van der Waals surface area contributed by atoms with E-state index in [0.29, 0.717) is 42.5 Å². The van der Waals surface area contributed by atoms with Crippen LogP contribution in [0.4, 0.5) is 11.6 Å². The van der Waals surface area contributed by atoms with Crippen LogP contribution in [0.2, 0.25) is 0 Å². The van der Waals surface area contributed by atoms with Gasteiger partial charge < -0.3 is 4.90 Å². The first kappa shape index (κ1) is 20.3. The van der Waals surface area contributed by atoms with Crippen LogP contribution < -0.4 is 9.80 Å². The predicted octanol–water partition coefficient (Wildman–Crippen LogP) is 4.16. The number of aryl methyl sites for hydroxylation is 1. The molecule has 2 aromatic carbocycles. The maximum absolute atomic E-state index is 14.1. The summed E-state index contributed by atoms with van der Waals surface area (Å²) < 4.78 is 1.82. The highest BCUT2D eigenvalue weighted by molar-refractivity contribution is 6.14. The number of carbonyl (C=O) groups excluding carboxylic acids is 1. The Balaban J connectivity index is 1.53. The van der Waals surface area contributed by atoms with Crippen LogP contribution >= 0.6 is 0 Å². The summed E-state index contributed by atoms with van der Waals surface area (Å²) >= 11 is 0. The van der Waals surface area contributed by atoms with E-state index < -0.39 is 0 Å². The molecule has 0 bridgehead atoms. The number of pyridine rings is 1. The van der Waals surface area contributed by atoms with E-state index in [1.165, 1.54) is 0 Å². The third-order valence-corrected chi connectivity index (χ3v) is 6.26. The standard InChI is InChI=1S/C26H23N7O/c1-3-33-23-19(16-27-33)18(15-22(30-23)17-9-5-4-6-10-17)26(34)32-14-13-31(2)24-25(32)29-21-12-8-7-11-20(21)28-24/h4-12,15-16H,3,13-14H2,1-2H3. The monoisotopic (exact) mass is 449 g/mol. The minimum atomic E-state index is -0.126. The Morgan fingerprint density at radius 3 is 2.35 bits per heavy atom. The Morgan fingerprint density at radius 1 is 0.912 bits per heavy atom. The maximum Gasteiger partial charge on any atom is 0.260 e. The Kier molecular flexibility index (Phi) is 4.72. The Morgan fingerprint density at radius 2 is 1.62 bits per heavy atom. The van der Waals surface area contributed by atoms with Crippen molar-refractivity contribution in [2.75, 3.05) is 29.9 Å². The van der Waals surface area contributed by atoms with Crippen molar-refractivity contribution in [3.63, 3.8) is 0 Å². The number of benzene rings is 2. The zero-order valence-corrected chi connectivity index (χ0v) is 19.0. The van der Waals surface area contributed by atoms with Crippen molar-refractivity contribution >= 4 is 39.6 Å². The van der Waals surface area contributed by atoms with Gasteiger partial charge in [-0.15, -0.1) is 0 Å². The maximum atomic E-state index is 14.1. The van der Waals surface area contributed by atoms with Gasteiger partial charge in [0.1, 0.15) is 0 Å². The lowest BCUT2D eigenvalue weighted by atomic mass is 10.1. The summed E-state index contributed by atoms with van der Waals surface area (Å²) in [5.74, 6) is 1.15. The number of rotatable bonds is 3. The number of hydrogen-bond acceptors (Lipinski definition) is 6.